The molecule has 1 N–H and O–H groups in total. The molecule has 22 heavy (non-hydrogen) atoms. The van der Waals surface area contributed by atoms with Crippen molar-refractivity contribution < 1.29 is 0 Å². The minimum atomic E-state index is -0.223. The van der Waals surface area contributed by atoms with Gasteiger partial charge in [0.25, 0.3) is 5.56 Å². The predicted molar refractivity (Wildman–Crippen MR) is 83.7 cm³/mol. The lowest BCUT2D eigenvalue weighted by Crippen LogP contribution is -2.10. The standard InChI is InChI=1S/C16H13N5O/c1-10(11-4-5-13-12(9-11)3-2-7-17-13)21-14-6-8-18-16(22)15(14)19-20-21/h2-10H,1H3,(H,18,22)/t10-/m1/s1. The van der Waals surface area contributed by atoms with Gasteiger partial charge in [-0.1, -0.05) is 17.3 Å². The van der Waals surface area contributed by atoms with Crippen LogP contribution in [-0.4, -0.2) is 25.0 Å². The van der Waals surface area contributed by atoms with Crippen molar-refractivity contribution in [2.45, 2.75) is 13.0 Å². The Morgan fingerprint density at radius 1 is 1.23 bits per heavy atom. The highest BCUT2D eigenvalue weighted by Gasteiger charge is 2.15. The van der Waals surface area contributed by atoms with Crippen molar-refractivity contribution >= 4 is 21.9 Å². The lowest BCUT2D eigenvalue weighted by atomic mass is 10.1. The molecule has 0 saturated carbocycles. The van der Waals surface area contributed by atoms with E-state index in [2.05, 4.69) is 26.3 Å². The van der Waals surface area contributed by atoms with Crippen molar-refractivity contribution in [1.29, 1.82) is 0 Å². The monoisotopic (exact) mass is 291 g/mol. The topological polar surface area (TPSA) is 76.5 Å². The Balaban J connectivity index is 1.86. The van der Waals surface area contributed by atoms with Crippen molar-refractivity contribution in [3.8, 4) is 0 Å². The van der Waals surface area contributed by atoms with Crippen molar-refractivity contribution in [2.75, 3.05) is 0 Å². The summed E-state index contributed by atoms with van der Waals surface area (Å²) in [5, 5.41) is 9.21. The van der Waals surface area contributed by atoms with E-state index in [1.54, 1.807) is 17.1 Å². The van der Waals surface area contributed by atoms with Gasteiger partial charge < -0.3 is 4.98 Å². The van der Waals surface area contributed by atoms with Crippen molar-refractivity contribution in [1.82, 2.24) is 25.0 Å². The zero-order valence-electron chi connectivity index (χ0n) is 11.9. The van der Waals surface area contributed by atoms with Gasteiger partial charge >= 0.3 is 0 Å². The molecular formula is C16H13N5O. The average Bonchev–Trinajstić information content (AvgIpc) is 2.99. The van der Waals surface area contributed by atoms with E-state index in [4.69, 9.17) is 0 Å². The molecule has 6 heteroatoms. The number of fused-ring (bicyclic) bond motifs is 2. The van der Waals surface area contributed by atoms with Crippen molar-refractivity contribution in [2.24, 2.45) is 0 Å². The van der Waals surface area contributed by atoms with Crippen LogP contribution in [0.4, 0.5) is 0 Å². The smallest absolute Gasteiger partial charge is 0.278 e. The van der Waals surface area contributed by atoms with Crippen LogP contribution >= 0.6 is 0 Å². The minimum absolute atomic E-state index is 0.0311. The van der Waals surface area contributed by atoms with Crippen LogP contribution in [0.1, 0.15) is 18.5 Å². The maximum absolute atomic E-state index is 11.7. The summed E-state index contributed by atoms with van der Waals surface area (Å²) in [5.41, 5.74) is 2.91. The highest BCUT2D eigenvalue weighted by atomic mass is 16.1. The van der Waals surface area contributed by atoms with Gasteiger partial charge in [0, 0.05) is 17.8 Å². The predicted octanol–water partition coefficient (Wildman–Crippen LogP) is 2.28. The summed E-state index contributed by atoms with van der Waals surface area (Å²) in [6.07, 6.45) is 3.39. The first-order valence-corrected chi connectivity index (χ1v) is 7.01. The average molecular weight is 291 g/mol. The van der Waals surface area contributed by atoms with Crippen molar-refractivity contribution in [3.63, 3.8) is 0 Å². The number of pyridine rings is 2. The zero-order valence-corrected chi connectivity index (χ0v) is 11.9. The lowest BCUT2D eigenvalue weighted by Gasteiger charge is -2.13. The molecule has 1 atom stereocenters. The molecule has 1 aromatic carbocycles. The number of H-pyrrole nitrogens is 1. The van der Waals surface area contributed by atoms with Gasteiger partial charge in [0.05, 0.1) is 17.1 Å². The normalized spacial score (nSPS) is 12.8. The fraction of sp³-hybridized carbons (Fsp3) is 0.125. The van der Waals surface area contributed by atoms with Gasteiger partial charge in [-0.15, -0.1) is 5.10 Å². The van der Waals surface area contributed by atoms with E-state index in [0.29, 0.717) is 5.52 Å². The van der Waals surface area contributed by atoms with Gasteiger partial charge in [0.15, 0.2) is 5.52 Å². The van der Waals surface area contributed by atoms with Crippen LogP contribution in [0.5, 0.6) is 0 Å². The first-order chi connectivity index (χ1) is 10.7. The second-order valence-electron chi connectivity index (χ2n) is 5.21. The third kappa shape index (κ3) is 1.88. The molecule has 0 radical (unpaired) electrons. The van der Waals surface area contributed by atoms with Gasteiger partial charge in [-0.05, 0) is 36.8 Å². The third-order valence-electron chi connectivity index (χ3n) is 3.88. The molecule has 0 spiro atoms. The molecule has 4 rings (SSSR count). The second kappa shape index (κ2) is 4.77. The second-order valence-corrected chi connectivity index (χ2v) is 5.21. The quantitative estimate of drug-likeness (QED) is 0.614. The molecule has 0 unspecified atom stereocenters. The Labute approximate surface area is 125 Å². The Morgan fingerprint density at radius 3 is 3.05 bits per heavy atom. The number of aromatic amines is 1. The van der Waals surface area contributed by atoms with Gasteiger partial charge in [-0.2, -0.15) is 0 Å². The van der Waals surface area contributed by atoms with Gasteiger partial charge in [-0.3, -0.25) is 9.78 Å². The molecule has 3 aromatic heterocycles. The summed E-state index contributed by atoms with van der Waals surface area (Å²) in [5.74, 6) is 0. The maximum atomic E-state index is 11.7. The number of nitrogens with zero attached hydrogens (tertiary/aromatic N) is 4. The zero-order chi connectivity index (χ0) is 15.1. The summed E-state index contributed by atoms with van der Waals surface area (Å²) in [7, 11) is 0. The molecule has 0 aliphatic carbocycles. The number of rotatable bonds is 2. The van der Waals surface area contributed by atoms with Crippen LogP contribution in [0.2, 0.25) is 0 Å². The lowest BCUT2D eigenvalue weighted by molar-refractivity contribution is 0.560. The molecule has 0 aliphatic rings. The fourth-order valence-corrected chi connectivity index (χ4v) is 2.66. The van der Waals surface area contributed by atoms with Crippen molar-refractivity contribution in [3.05, 3.63) is 64.7 Å². The van der Waals surface area contributed by atoms with E-state index in [9.17, 15) is 4.79 Å². The third-order valence-corrected chi connectivity index (χ3v) is 3.88. The number of nitrogens with one attached hydrogen (secondary N) is 1. The van der Waals surface area contributed by atoms with Crippen LogP contribution < -0.4 is 5.56 Å². The van der Waals surface area contributed by atoms with Crippen LogP contribution in [0.15, 0.2) is 53.6 Å². The van der Waals surface area contributed by atoms with Crippen LogP contribution in [-0.2, 0) is 0 Å². The van der Waals surface area contributed by atoms with Gasteiger partial charge in [0.2, 0.25) is 0 Å². The fourth-order valence-electron chi connectivity index (χ4n) is 2.66. The highest BCUT2D eigenvalue weighted by molar-refractivity contribution is 5.79. The molecule has 3 heterocycles. The van der Waals surface area contributed by atoms with Crippen LogP contribution in [0.3, 0.4) is 0 Å². The molecule has 0 fully saturated rings. The molecule has 0 aliphatic heterocycles. The largest absolute Gasteiger partial charge is 0.327 e. The summed E-state index contributed by atoms with van der Waals surface area (Å²) in [4.78, 5) is 18.7. The number of benzene rings is 1. The number of hydrogen-bond donors (Lipinski definition) is 1. The minimum Gasteiger partial charge on any atom is -0.327 e. The molecule has 0 amide bonds. The summed E-state index contributed by atoms with van der Waals surface area (Å²) in [6, 6.07) is 11.8. The Kier molecular flexibility index (Phi) is 2.75. The molecule has 108 valence electrons. The van der Waals surface area contributed by atoms with E-state index in [-0.39, 0.29) is 11.6 Å². The summed E-state index contributed by atoms with van der Waals surface area (Å²) in [6.45, 7) is 2.03. The summed E-state index contributed by atoms with van der Waals surface area (Å²) < 4.78 is 1.77. The molecule has 4 aromatic rings. The SMILES string of the molecule is C[C@H](c1ccc2ncccc2c1)n1nnc2c(=O)[nH]ccc21. The summed E-state index contributed by atoms with van der Waals surface area (Å²) >= 11 is 0. The van der Waals surface area contributed by atoms with E-state index in [1.165, 1.54) is 0 Å². The van der Waals surface area contributed by atoms with Gasteiger partial charge in [-0.25, -0.2) is 4.68 Å². The molecule has 6 nitrogen and oxygen atoms in total. The number of aromatic nitrogens is 5. The van der Waals surface area contributed by atoms with Crippen LogP contribution in [0.25, 0.3) is 21.9 Å². The van der Waals surface area contributed by atoms with Crippen LogP contribution in [0, 0.1) is 0 Å². The van der Waals surface area contributed by atoms with E-state index in [0.717, 1.165) is 22.0 Å². The van der Waals surface area contributed by atoms with E-state index in [1.807, 2.05) is 37.3 Å². The maximum Gasteiger partial charge on any atom is 0.278 e. The van der Waals surface area contributed by atoms with Gasteiger partial charge in [0.1, 0.15) is 0 Å². The van der Waals surface area contributed by atoms with E-state index >= 15 is 0 Å². The van der Waals surface area contributed by atoms with E-state index < -0.39 is 0 Å². The molecular weight excluding hydrogens is 278 g/mol. The Morgan fingerprint density at radius 2 is 2.14 bits per heavy atom. The first-order valence-electron chi connectivity index (χ1n) is 7.01. The molecule has 0 saturated heterocycles. The molecule has 0 bridgehead atoms. The highest BCUT2D eigenvalue weighted by Crippen LogP contribution is 2.23. The Bertz CT molecular complexity index is 1030. The number of hydrogen-bond acceptors (Lipinski definition) is 4. The first kappa shape index (κ1) is 12.7. The Hall–Kier alpha value is -3.02.